The van der Waals surface area contributed by atoms with E-state index in [4.69, 9.17) is 5.14 Å². The van der Waals surface area contributed by atoms with Crippen LogP contribution in [0.3, 0.4) is 0 Å². The maximum Gasteiger partial charge on any atom is 0.269 e. The number of nitrogens with one attached hydrogen (secondary N) is 1. The number of rotatable bonds is 5. The van der Waals surface area contributed by atoms with Crippen LogP contribution in [0.2, 0.25) is 0 Å². The Morgan fingerprint density at radius 1 is 1.24 bits per heavy atom. The fraction of sp³-hybridized carbons (Fsp3) is 0.412. The second-order valence-corrected chi connectivity index (χ2v) is 8.54. The molecule has 0 saturated carbocycles. The number of amides is 1. The molecule has 1 aromatic carbocycles. The quantitative estimate of drug-likeness (QED) is 0.834. The van der Waals surface area contributed by atoms with Gasteiger partial charge in [-0.2, -0.15) is 5.10 Å². The number of primary sulfonamides is 1. The van der Waals surface area contributed by atoms with E-state index in [9.17, 15) is 13.2 Å². The van der Waals surface area contributed by atoms with Gasteiger partial charge >= 0.3 is 0 Å². The molecule has 0 atom stereocenters. The van der Waals surface area contributed by atoms with Crippen LogP contribution in [0.5, 0.6) is 0 Å². The molecule has 0 unspecified atom stereocenters. The van der Waals surface area contributed by atoms with Crippen LogP contribution < -0.4 is 10.5 Å². The van der Waals surface area contributed by atoms with Gasteiger partial charge in [0.2, 0.25) is 10.0 Å². The van der Waals surface area contributed by atoms with Gasteiger partial charge < -0.3 is 5.32 Å². The van der Waals surface area contributed by atoms with Gasteiger partial charge in [-0.3, -0.25) is 9.48 Å². The average molecular weight is 364 g/mol. The van der Waals surface area contributed by atoms with Crippen LogP contribution in [-0.2, 0) is 28.9 Å². The molecule has 0 radical (unpaired) electrons. The second-order valence-electron chi connectivity index (χ2n) is 6.98. The van der Waals surface area contributed by atoms with Gasteiger partial charge in [0.15, 0.2) is 0 Å². The highest BCUT2D eigenvalue weighted by molar-refractivity contribution is 7.89. The molecule has 0 bridgehead atoms. The Balaban J connectivity index is 1.96. The van der Waals surface area contributed by atoms with E-state index in [1.165, 1.54) is 12.1 Å². The number of nitrogens with zero attached hydrogens (tertiary/aromatic N) is 2. The molecule has 136 valence electrons. The first-order valence-electron chi connectivity index (χ1n) is 7.93. The van der Waals surface area contributed by atoms with E-state index in [1.807, 2.05) is 20.8 Å². The van der Waals surface area contributed by atoms with E-state index in [1.54, 1.807) is 29.9 Å². The second kappa shape index (κ2) is 6.97. The molecule has 0 spiro atoms. The van der Waals surface area contributed by atoms with E-state index in [2.05, 4.69) is 10.4 Å². The van der Waals surface area contributed by atoms with Crippen LogP contribution in [0, 0.1) is 0 Å². The smallest absolute Gasteiger partial charge is 0.269 e. The maximum atomic E-state index is 12.3. The largest absolute Gasteiger partial charge is 0.350 e. The summed E-state index contributed by atoms with van der Waals surface area (Å²) in [5.74, 6) is -0.188. The maximum absolute atomic E-state index is 12.3. The van der Waals surface area contributed by atoms with Gasteiger partial charge in [0, 0.05) is 19.0 Å². The summed E-state index contributed by atoms with van der Waals surface area (Å²) in [7, 11) is -1.94. The summed E-state index contributed by atoms with van der Waals surface area (Å²) < 4.78 is 24.0. The van der Waals surface area contributed by atoms with Crippen molar-refractivity contribution >= 4 is 15.9 Å². The van der Waals surface area contributed by atoms with Crippen molar-refractivity contribution in [3.05, 3.63) is 47.3 Å². The normalized spacial score (nSPS) is 12.2. The highest BCUT2D eigenvalue weighted by atomic mass is 32.2. The average Bonchev–Trinajstić information content (AvgIpc) is 2.89. The molecule has 2 rings (SSSR count). The number of hydrogen-bond acceptors (Lipinski definition) is 4. The van der Waals surface area contributed by atoms with Gasteiger partial charge in [0.25, 0.3) is 5.91 Å². The van der Waals surface area contributed by atoms with Crippen molar-refractivity contribution in [1.82, 2.24) is 15.1 Å². The fourth-order valence-electron chi connectivity index (χ4n) is 2.30. The van der Waals surface area contributed by atoms with Crippen molar-refractivity contribution in [2.24, 2.45) is 12.2 Å². The lowest BCUT2D eigenvalue weighted by Gasteiger charge is -2.13. The summed E-state index contributed by atoms with van der Waals surface area (Å²) in [6.07, 6.45) is 0.584. The molecule has 0 saturated heterocycles. The number of sulfonamides is 1. The van der Waals surface area contributed by atoms with Crippen molar-refractivity contribution < 1.29 is 13.2 Å². The van der Waals surface area contributed by atoms with Gasteiger partial charge in [0.05, 0.1) is 10.6 Å². The minimum atomic E-state index is -3.68. The number of carbonyl (C=O) groups is 1. The molecular formula is C17H24N4O3S. The van der Waals surface area contributed by atoms with Crippen LogP contribution in [0.15, 0.2) is 35.2 Å². The number of aromatic nitrogens is 2. The van der Waals surface area contributed by atoms with Gasteiger partial charge in [-0.1, -0.05) is 32.9 Å². The van der Waals surface area contributed by atoms with Gasteiger partial charge in [-0.25, -0.2) is 13.6 Å². The highest BCUT2D eigenvalue weighted by Gasteiger charge is 2.21. The standard InChI is InChI=1S/C17H24N4O3S/c1-17(2,3)15-11-14(21(4)20-15)16(22)19-10-9-12-5-7-13(8-6-12)25(18,23)24/h5-8,11H,9-10H2,1-4H3,(H,19,22)(H2,18,23,24). The van der Waals surface area contributed by atoms with E-state index >= 15 is 0 Å². The van der Waals surface area contributed by atoms with Crippen molar-refractivity contribution in [3.63, 3.8) is 0 Å². The van der Waals surface area contributed by atoms with E-state index in [0.29, 0.717) is 18.7 Å². The van der Waals surface area contributed by atoms with E-state index in [0.717, 1.165) is 11.3 Å². The predicted octanol–water partition coefficient (Wildman–Crippen LogP) is 1.34. The molecule has 0 fully saturated rings. The molecule has 0 aliphatic heterocycles. The van der Waals surface area contributed by atoms with Crippen molar-refractivity contribution in [2.75, 3.05) is 6.54 Å². The summed E-state index contributed by atoms with van der Waals surface area (Å²) in [6.45, 7) is 6.57. The molecular weight excluding hydrogens is 340 g/mol. The number of benzene rings is 1. The molecule has 3 N–H and O–H groups in total. The lowest BCUT2D eigenvalue weighted by Crippen LogP contribution is -2.27. The zero-order valence-corrected chi connectivity index (χ0v) is 15.7. The van der Waals surface area contributed by atoms with Crippen LogP contribution in [0.25, 0.3) is 0 Å². The Kier molecular flexibility index (Phi) is 5.34. The third-order valence-electron chi connectivity index (χ3n) is 3.83. The minimum Gasteiger partial charge on any atom is -0.350 e. The van der Waals surface area contributed by atoms with Crippen LogP contribution in [0.1, 0.15) is 42.5 Å². The van der Waals surface area contributed by atoms with Crippen molar-refractivity contribution in [2.45, 2.75) is 37.5 Å². The number of nitrogens with two attached hydrogens (primary N) is 1. The summed E-state index contributed by atoms with van der Waals surface area (Å²) in [5.41, 5.74) is 2.16. The van der Waals surface area contributed by atoms with Crippen LogP contribution in [0.4, 0.5) is 0 Å². The Bertz CT molecular complexity index is 862. The Hall–Kier alpha value is -2.19. The summed E-state index contributed by atoms with van der Waals surface area (Å²) in [5, 5.41) is 12.3. The molecule has 7 nitrogen and oxygen atoms in total. The molecule has 2 aromatic rings. The summed E-state index contributed by atoms with van der Waals surface area (Å²) in [6, 6.07) is 8.10. The molecule has 1 heterocycles. The third-order valence-corrected chi connectivity index (χ3v) is 4.76. The first-order valence-corrected chi connectivity index (χ1v) is 9.47. The topological polar surface area (TPSA) is 107 Å². The number of carbonyl (C=O) groups excluding carboxylic acids is 1. The minimum absolute atomic E-state index is 0.0740. The zero-order valence-electron chi connectivity index (χ0n) is 14.9. The predicted molar refractivity (Wildman–Crippen MR) is 95.8 cm³/mol. The van der Waals surface area contributed by atoms with Crippen molar-refractivity contribution in [1.29, 1.82) is 0 Å². The van der Waals surface area contributed by atoms with Crippen LogP contribution >= 0.6 is 0 Å². The third kappa shape index (κ3) is 4.90. The van der Waals surface area contributed by atoms with Gasteiger partial charge in [-0.15, -0.1) is 0 Å². The van der Waals surface area contributed by atoms with Crippen molar-refractivity contribution in [3.8, 4) is 0 Å². The Morgan fingerprint density at radius 3 is 2.32 bits per heavy atom. The SMILES string of the molecule is Cn1nc(C(C)(C)C)cc1C(=O)NCCc1ccc(S(N)(=O)=O)cc1. The van der Waals surface area contributed by atoms with E-state index < -0.39 is 10.0 Å². The lowest BCUT2D eigenvalue weighted by atomic mass is 9.92. The summed E-state index contributed by atoms with van der Waals surface area (Å²) in [4.78, 5) is 12.4. The van der Waals surface area contributed by atoms with E-state index in [-0.39, 0.29) is 16.2 Å². The number of hydrogen-bond donors (Lipinski definition) is 2. The lowest BCUT2D eigenvalue weighted by molar-refractivity contribution is 0.0944. The van der Waals surface area contributed by atoms with Gasteiger partial charge in [0.1, 0.15) is 5.69 Å². The molecule has 25 heavy (non-hydrogen) atoms. The zero-order chi connectivity index (χ0) is 18.8. The van der Waals surface area contributed by atoms with Crippen LogP contribution in [-0.4, -0.2) is 30.7 Å². The fourth-order valence-corrected chi connectivity index (χ4v) is 2.82. The molecule has 1 aromatic heterocycles. The Morgan fingerprint density at radius 2 is 1.84 bits per heavy atom. The molecule has 0 aliphatic carbocycles. The highest BCUT2D eigenvalue weighted by Crippen LogP contribution is 2.21. The number of aryl methyl sites for hydroxylation is 1. The monoisotopic (exact) mass is 364 g/mol. The molecule has 0 aliphatic rings. The summed E-state index contributed by atoms with van der Waals surface area (Å²) >= 11 is 0. The first kappa shape index (κ1) is 19.1. The van der Waals surface area contributed by atoms with Gasteiger partial charge in [-0.05, 0) is 30.2 Å². The molecule has 8 heteroatoms. The Labute approximate surface area is 148 Å². The molecule has 1 amide bonds. The first-order chi connectivity index (χ1) is 11.5.